The van der Waals surface area contributed by atoms with Crippen molar-refractivity contribution >= 4 is 21.7 Å². The van der Waals surface area contributed by atoms with Gasteiger partial charge in [-0.25, -0.2) is 0 Å². The summed E-state index contributed by atoms with van der Waals surface area (Å²) in [6.45, 7) is 6.74. The Morgan fingerprint density at radius 3 is 2.69 bits per heavy atom. The molecule has 90 valence electrons. The maximum atomic E-state index is 11.7. The fraction of sp³-hybridized carbons (Fsp3) is 0.583. The molecule has 1 unspecified atom stereocenters. The van der Waals surface area contributed by atoms with Crippen LogP contribution in [0.3, 0.4) is 0 Å². The number of alkyl halides is 1. The predicted octanol–water partition coefficient (Wildman–Crippen LogP) is 2.89. The van der Waals surface area contributed by atoms with E-state index in [1.165, 1.54) is 0 Å². The molecular formula is C12H18BrNO2. The van der Waals surface area contributed by atoms with Crippen LogP contribution in [0.4, 0.5) is 0 Å². The van der Waals surface area contributed by atoms with Crippen LogP contribution in [0.2, 0.25) is 0 Å². The van der Waals surface area contributed by atoms with Crippen LogP contribution in [0.1, 0.15) is 34.7 Å². The molecule has 3 nitrogen and oxygen atoms in total. The number of rotatable bonds is 5. The normalized spacial score (nSPS) is 12.8. The molecule has 0 saturated carbocycles. The highest BCUT2D eigenvalue weighted by atomic mass is 79.9. The third-order valence-corrected chi connectivity index (χ3v) is 3.26. The van der Waals surface area contributed by atoms with Gasteiger partial charge in [0.15, 0.2) is 5.78 Å². The Morgan fingerprint density at radius 1 is 1.56 bits per heavy atom. The van der Waals surface area contributed by atoms with Crippen LogP contribution in [0.25, 0.3) is 0 Å². The number of halogens is 1. The summed E-state index contributed by atoms with van der Waals surface area (Å²) < 4.78 is 7.30. The lowest BCUT2D eigenvalue weighted by Gasteiger charge is -2.17. The lowest BCUT2D eigenvalue weighted by atomic mass is 10.2. The van der Waals surface area contributed by atoms with E-state index >= 15 is 0 Å². The SMILES string of the molecule is COCC(C)n1c(C)cc(C(=O)CBr)c1C. The highest BCUT2D eigenvalue weighted by Gasteiger charge is 2.17. The summed E-state index contributed by atoms with van der Waals surface area (Å²) in [7, 11) is 1.69. The molecule has 4 heteroatoms. The summed E-state index contributed by atoms with van der Waals surface area (Å²) in [6.07, 6.45) is 0. The van der Waals surface area contributed by atoms with Crippen molar-refractivity contribution in [2.24, 2.45) is 0 Å². The van der Waals surface area contributed by atoms with Gasteiger partial charge in [-0.3, -0.25) is 4.79 Å². The van der Waals surface area contributed by atoms with Crippen LogP contribution >= 0.6 is 15.9 Å². The van der Waals surface area contributed by atoms with Gasteiger partial charge in [0.25, 0.3) is 0 Å². The van der Waals surface area contributed by atoms with E-state index in [1.54, 1.807) is 7.11 Å². The Labute approximate surface area is 105 Å². The van der Waals surface area contributed by atoms with Gasteiger partial charge in [0.1, 0.15) is 0 Å². The molecule has 1 aromatic heterocycles. The molecule has 1 atom stereocenters. The van der Waals surface area contributed by atoms with Crippen molar-refractivity contribution in [2.75, 3.05) is 19.0 Å². The summed E-state index contributed by atoms with van der Waals surface area (Å²) in [5.74, 6) is 0.129. The van der Waals surface area contributed by atoms with Crippen molar-refractivity contribution in [2.45, 2.75) is 26.8 Å². The molecular weight excluding hydrogens is 270 g/mol. The fourth-order valence-electron chi connectivity index (χ4n) is 2.13. The van der Waals surface area contributed by atoms with Gasteiger partial charge in [-0.15, -0.1) is 0 Å². The van der Waals surface area contributed by atoms with E-state index in [9.17, 15) is 4.79 Å². The van der Waals surface area contributed by atoms with Gasteiger partial charge in [-0.05, 0) is 26.8 Å². The standard InChI is InChI=1S/C12H18BrNO2/c1-8-5-11(12(15)6-13)10(3)14(8)9(2)7-16-4/h5,9H,6-7H2,1-4H3. The quantitative estimate of drug-likeness (QED) is 0.616. The minimum atomic E-state index is 0.129. The molecule has 1 aromatic rings. The molecule has 1 heterocycles. The van der Waals surface area contributed by atoms with Gasteiger partial charge >= 0.3 is 0 Å². The number of nitrogens with zero attached hydrogens (tertiary/aromatic N) is 1. The molecule has 0 bridgehead atoms. The summed E-state index contributed by atoms with van der Waals surface area (Å²) in [5.41, 5.74) is 2.93. The van der Waals surface area contributed by atoms with Gasteiger partial charge in [0, 0.05) is 24.1 Å². The third-order valence-electron chi connectivity index (χ3n) is 2.75. The summed E-state index contributed by atoms with van der Waals surface area (Å²) >= 11 is 3.20. The second-order valence-corrected chi connectivity index (χ2v) is 4.58. The van der Waals surface area contributed by atoms with E-state index in [4.69, 9.17) is 4.74 Å². The summed E-state index contributed by atoms with van der Waals surface area (Å²) in [5, 5.41) is 0.371. The third kappa shape index (κ3) is 2.55. The molecule has 0 aliphatic rings. The van der Waals surface area contributed by atoms with Crippen molar-refractivity contribution in [3.8, 4) is 0 Å². The van der Waals surface area contributed by atoms with Crippen LogP contribution in [0.15, 0.2) is 6.07 Å². The number of ether oxygens (including phenoxy) is 1. The topological polar surface area (TPSA) is 31.2 Å². The number of carbonyl (C=O) groups excluding carboxylic acids is 1. The van der Waals surface area contributed by atoms with Crippen LogP contribution in [0, 0.1) is 13.8 Å². The Kier molecular flexibility index (Phi) is 4.74. The zero-order valence-corrected chi connectivity index (χ0v) is 11.8. The van der Waals surface area contributed by atoms with Gasteiger partial charge in [-0.1, -0.05) is 15.9 Å². The minimum Gasteiger partial charge on any atom is -0.383 e. The van der Waals surface area contributed by atoms with Crippen molar-refractivity contribution < 1.29 is 9.53 Å². The van der Waals surface area contributed by atoms with E-state index < -0.39 is 0 Å². The molecule has 0 spiro atoms. The maximum absolute atomic E-state index is 11.7. The molecule has 0 aliphatic carbocycles. The molecule has 1 rings (SSSR count). The fourth-order valence-corrected chi connectivity index (χ4v) is 2.43. The maximum Gasteiger partial charge on any atom is 0.175 e. The zero-order valence-electron chi connectivity index (χ0n) is 10.2. The van der Waals surface area contributed by atoms with Crippen molar-refractivity contribution in [1.82, 2.24) is 4.57 Å². The summed E-state index contributed by atoms with van der Waals surface area (Å²) in [4.78, 5) is 11.7. The number of ketones is 1. The van der Waals surface area contributed by atoms with Crippen LogP contribution < -0.4 is 0 Å². The largest absolute Gasteiger partial charge is 0.383 e. The first-order valence-electron chi connectivity index (χ1n) is 5.29. The van der Waals surface area contributed by atoms with Gasteiger partial charge in [0.05, 0.1) is 18.0 Å². The number of aryl methyl sites for hydroxylation is 1. The van der Waals surface area contributed by atoms with Crippen molar-refractivity contribution in [3.05, 3.63) is 23.0 Å². The predicted molar refractivity (Wildman–Crippen MR) is 68.6 cm³/mol. The first kappa shape index (κ1) is 13.5. The number of aromatic nitrogens is 1. The molecule has 0 aliphatic heterocycles. The summed E-state index contributed by atoms with van der Waals surface area (Å²) in [6, 6.07) is 2.20. The average Bonchev–Trinajstić information content (AvgIpc) is 2.53. The highest BCUT2D eigenvalue weighted by Crippen LogP contribution is 2.21. The Balaban J connectivity index is 3.11. The molecule has 16 heavy (non-hydrogen) atoms. The minimum absolute atomic E-state index is 0.129. The monoisotopic (exact) mass is 287 g/mol. The second kappa shape index (κ2) is 5.64. The van der Waals surface area contributed by atoms with Gasteiger partial charge < -0.3 is 9.30 Å². The second-order valence-electron chi connectivity index (χ2n) is 4.02. The lowest BCUT2D eigenvalue weighted by molar-refractivity contribution is 0.102. The van der Waals surface area contributed by atoms with Crippen LogP contribution in [-0.4, -0.2) is 29.4 Å². The Hall–Kier alpha value is -0.610. The zero-order chi connectivity index (χ0) is 12.3. The Morgan fingerprint density at radius 2 is 2.19 bits per heavy atom. The van der Waals surface area contributed by atoms with Crippen molar-refractivity contribution in [3.63, 3.8) is 0 Å². The Bertz CT molecular complexity index is 385. The highest BCUT2D eigenvalue weighted by molar-refractivity contribution is 9.09. The molecule has 0 amide bonds. The first-order chi connectivity index (χ1) is 7.52. The van der Waals surface area contributed by atoms with E-state index in [1.807, 2.05) is 19.9 Å². The molecule has 0 fully saturated rings. The number of methoxy groups -OCH3 is 1. The number of Topliss-reactive ketones (excluding diaryl/α,β-unsaturated/α-hetero) is 1. The molecule has 0 saturated heterocycles. The number of hydrogen-bond donors (Lipinski definition) is 0. The van der Waals surface area contributed by atoms with Crippen LogP contribution in [0.5, 0.6) is 0 Å². The molecule has 0 radical (unpaired) electrons. The van der Waals surface area contributed by atoms with Crippen LogP contribution in [-0.2, 0) is 4.74 Å². The van der Waals surface area contributed by atoms with Crippen molar-refractivity contribution in [1.29, 1.82) is 0 Å². The van der Waals surface area contributed by atoms with E-state index in [0.29, 0.717) is 11.9 Å². The number of hydrogen-bond acceptors (Lipinski definition) is 2. The first-order valence-corrected chi connectivity index (χ1v) is 6.41. The molecule has 0 aromatic carbocycles. The smallest absolute Gasteiger partial charge is 0.175 e. The lowest BCUT2D eigenvalue weighted by Crippen LogP contribution is -2.14. The van der Waals surface area contributed by atoms with E-state index in [2.05, 4.69) is 27.4 Å². The average molecular weight is 288 g/mol. The van der Waals surface area contributed by atoms with Gasteiger partial charge in [-0.2, -0.15) is 0 Å². The van der Waals surface area contributed by atoms with E-state index in [0.717, 1.165) is 17.0 Å². The van der Waals surface area contributed by atoms with E-state index in [-0.39, 0.29) is 11.8 Å². The number of carbonyl (C=O) groups is 1. The van der Waals surface area contributed by atoms with Gasteiger partial charge in [0.2, 0.25) is 0 Å². The molecule has 0 N–H and O–H groups in total.